The van der Waals surface area contributed by atoms with Crippen LogP contribution in [0.15, 0.2) is 35.4 Å². The van der Waals surface area contributed by atoms with Crippen LogP contribution in [0.4, 0.5) is 5.69 Å². The fraction of sp³-hybridized carbons (Fsp3) is 0.214. The molecule has 3 heteroatoms. The smallest absolute Gasteiger partial charge is 0.0564 e. The zero-order valence-corrected chi connectivity index (χ0v) is 10.4. The van der Waals surface area contributed by atoms with E-state index in [4.69, 9.17) is 0 Å². The van der Waals surface area contributed by atoms with Gasteiger partial charge in [-0.15, -0.1) is 0 Å². The highest BCUT2D eigenvalue weighted by molar-refractivity contribution is 5.82. The molecule has 1 heterocycles. The second-order valence-electron chi connectivity index (χ2n) is 4.27. The van der Waals surface area contributed by atoms with E-state index in [0.717, 1.165) is 22.6 Å². The van der Waals surface area contributed by atoms with E-state index in [-0.39, 0.29) is 0 Å². The van der Waals surface area contributed by atoms with E-state index in [0.29, 0.717) is 0 Å². The van der Waals surface area contributed by atoms with Crippen molar-refractivity contribution in [3.63, 3.8) is 0 Å². The van der Waals surface area contributed by atoms with Crippen molar-refractivity contribution in [2.75, 3.05) is 5.43 Å². The predicted octanol–water partition coefficient (Wildman–Crippen LogP) is 3.39. The van der Waals surface area contributed by atoms with Crippen molar-refractivity contribution in [3.05, 3.63) is 52.8 Å². The third kappa shape index (κ3) is 2.97. The van der Waals surface area contributed by atoms with Gasteiger partial charge in [0.15, 0.2) is 0 Å². The molecule has 1 aromatic heterocycles. The van der Waals surface area contributed by atoms with Gasteiger partial charge < -0.3 is 4.98 Å². The highest BCUT2D eigenvalue weighted by Gasteiger charge is 1.97. The molecule has 0 amide bonds. The first-order valence-corrected chi connectivity index (χ1v) is 5.67. The Labute approximate surface area is 102 Å². The Hall–Kier alpha value is -2.03. The Kier molecular flexibility index (Phi) is 3.28. The Morgan fingerprint density at radius 1 is 1.18 bits per heavy atom. The number of hydrogen-bond acceptors (Lipinski definition) is 2. The van der Waals surface area contributed by atoms with E-state index in [1.807, 2.05) is 32.2 Å². The number of aromatic nitrogens is 1. The summed E-state index contributed by atoms with van der Waals surface area (Å²) in [6, 6.07) is 10.2. The van der Waals surface area contributed by atoms with Crippen molar-refractivity contribution in [3.8, 4) is 0 Å². The maximum atomic E-state index is 4.23. The first-order valence-electron chi connectivity index (χ1n) is 5.67. The normalized spacial score (nSPS) is 11.0. The fourth-order valence-electron chi connectivity index (χ4n) is 1.77. The van der Waals surface area contributed by atoms with E-state index in [9.17, 15) is 0 Å². The third-order valence-corrected chi connectivity index (χ3v) is 2.61. The molecule has 0 aliphatic carbocycles. The maximum absolute atomic E-state index is 4.23. The second-order valence-corrected chi connectivity index (χ2v) is 4.27. The number of anilines is 1. The average molecular weight is 227 g/mol. The monoisotopic (exact) mass is 227 g/mol. The Bertz CT molecular complexity index is 538. The molecule has 0 aliphatic rings. The summed E-state index contributed by atoms with van der Waals surface area (Å²) >= 11 is 0. The minimum atomic E-state index is 1.01. The van der Waals surface area contributed by atoms with Crippen molar-refractivity contribution in [2.24, 2.45) is 5.10 Å². The number of hydrazone groups is 1. The molecule has 0 fully saturated rings. The van der Waals surface area contributed by atoms with Crippen LogP contribution in [0.2, 0.25) is 0 Å². The molecule has 0 spiro atoms. The van der Waals surface area contributed by atoms with Gasteiger partial charge in [0.05, 0.1) is 11.9 Å². The zero-order chi connectivity index (χ0) is 12.3. The van der Waals surface area contributed by atoms with Gasteiger partial charge in [-0.2, -0.15) is 5.10 Å². The standard InChI is InChI=1S/C14H17N3/c1-10-5-4-6-14(7-10)17-15-9-13-8-11(2)16-12(13)3/h4-9,16-17H,1-3H3/b15-9+. The van der Waals surface area contributed by atoms with Crippen molar-refractivity contribution in [1.29, 1.82) is 0 Å². The topological polar surface area (TPSA) is 40.2 Å². The quantitative estimate of drug-likeness (QED) is 0.612. The SMILES string of the molecule is Cc1cccc(N/N=C/c2cc(C)[nH]c2C)c1. The number of nitrogens with one attached hydrogen (secondary N) is 2. The molecule has 2 aromatic rings. The Morgan fingerprint density at radius 2 is 2.00 bits per heavy atom. The highest BCUT2D eigenvalue weighted by atomic mass is 15.3. The minimum absolute atomic E-state index is 1.01. The van der Waals surface area contributed by atoms with Gasteiger partial charge in [0.25, 0.3) is 0 Å². The summed E-state index contributed by atoms with van der Waals surface area (Å²) in [5, 5.41) is 4.23. The van der Waals surface area contributed by atoms with Crippen molar-refractivity contribution >= 4 is 11.9 Å². The van der Waals surface area contributed by atoms with E-state index in [2.05, 4.69) is 40.6 Å². The maximum Gasteiger partial charge on any atom is 0.0564 e. The van der Waals surface area contributed by atoms with Gasteiger partial charge in [-0.1, -0.05) is 12.1 Å². The molecule has 0 bridgehead atoms. The molecule has 0 radical (unpaired) electrons. The van der Waals surface area contributed by atoms with Crippen molar-refractivity contribution < 1.29 is 0 Å². The van der Waals surface area contributed by atoms with Crippen molar-refractivity contribution in [2.45, 2.75) is 20.8 Å². The van der Waals surface area contributed by atoms with Crippen LogP contribution in [0.25, 0.3) is 0 Å². The summed E-state index contributed by atoms with van der Waals surface area (Å²) in [4.78, 5) is 3.25. The van der Waals surface area contributed by atoms with Gasteiger partial charge in [-0.05, 0) is 44.5 Å². The third-order valence-electron chi connectivity index (χ3n) is 2.61. The molecular weight excluding hydrogens is 210 g/mol. The van der Waals surface area contributed by atoms with E-state index in [1.165, 1.54) is 5.56 Å². The largest absolute Gasteiger partial charge is 0.362 e. The van der Waals surface area contributed by atoms with Crippen LogP contribution in [0.1, 0.15) is 22.5 Å². The van der Waals surface area contributed by atoms with E-state index >= 15 is 0 Å². The van der Waals surface area contributed by atoms with E-state index in [1.54, 1.807) is 0 Å². The molecule has 17 heavy (non-hydrogen) atoms. The summed E-state index contributed by atoms with van der Waals surface area (Å²) in [5.41, 5.74) is 8.66. The van der Waals surface area contributed by atoms with Gasteiger partial charge in [0.1, 0.15) is 0 Å². The van der Waals surface area contributed by atoms with Crippen LogP contribution in [-0.4, -0.2) is 11.2 Å². The Balaban J connectivity index is 2.05. The lowest BCUT2D eigenvalue weighted by atomic mass is 10.2. The molecular formula is C14H17N3. The molecule has 3 nitrogen and oxygen atoms in total. The van der Waals surface area contributed by atoms with Gasteiger partial charge in [0.2, 0.25) is 0 Å². The molecule has 0 saturated heterocycles. The fourth-order valence-corrected chi connectivity index (χ4v) is 1.77. The molecule has 2 rings (SSSR count). The van der Waals surface area contributed by atoms with Crippen LogP contribution in [0, 0.1) is 20.8 Å². The summed E-state index contributed by atoms with van der Waals surface area (Å²) in [6.45, 7) is 6.15. The second kappa shape index (κ2) is 4.87. The van der Waals surface area contributed by atoms with Gasteiger partial charge >= 0.3 is 0 Å². The average Bonchev–Trinajstić information content (AvgIpc) is 2.58. The molecule has 1 aromatic carbocycles. The first kappa shape index (κ1) is 11.5. The Morgan fingerprint density at radius 3 is 2.65 bits per heavy atom. The first-order chi connectivity index (χ1) is 8.15. The van der Waals surface area contributed by atoms with E-state index < -0.39 is 0 Å². The minimum Gasteiger partial charge on any atom is -0.362 e. The molecule has 0 aliphatic heterocycles. The number of rotatable bonds is 3. The summed E-state index contributed by atoms with van der Waals surface area (Å²) in [6.07, 6.45) is 1.83. The lowest BCUT2D eigenvalue weighted by Gasteiger charge is -2.00. The number of benzene rings is 1. The summed E-state index contributed by atoms with van der Waals surface area (Å²) in [5.74, 6) is 0. The van der Waals surface area contributed by atoms with Crippen LogP contribution in [0.5, 0.6) is 0 Å². The molecule has 0 unspecified atom stereocenters. The predicted molar refractivity (Wildman–Crippen MR) is 72.7 cm³/mol. The lowest BCUT2D eigenvalue weighted by molar-refractivity contribution is 1.19. The van der Waals surface area contributed by atoms with Crippen LogP contribution in [-0.2, 0) is 0 Å². The number of aromatic amines is 1. The molecule has 2 N–H and O–H groups in total. The van der Waals surface area contributed by atoms with Crippen LogP contribution in [0.3, 0.4) is 0 Å². The summed E-state index contributed by atoms with van der Waals surface area (Å²) in [7, 11) is 0. The van der Waals surface area contributed by atoms with Gasteiger partial charge in [-0.25, -0.2) is 0 Å². The number of hydrogen-bond donors (Lipinski definition) is 2. The zero-order valence-electron chi connectivity index (χ0n) is 10.4. The van der Waals surface area contributed by atoms with Crippen LogP contribution < -0.4 is 5.43 Å². The number of nitrogens with zero attached hydrogens (tertiary/aromatic N) is 1. The summed E-state index contributed by atoms with van der Waals surface area (Å²) < 4.78 is 0. The number of aryl methyl sites for hydroxylation is 3. The van der Waals surface area contributed by atoms with Crippen LogP contribution >= 0.6 is 0 Å². The molecule has 0 atom stereocenters. The number of H-pyrrole nitrogens is 1. The molecule has 0 saturated carbocycles. The van der Waals surface area contributed by atoms with Gasteiger partial charge in [0, 0.05) is 17.0 Å². The van der Waals surface area contributed by atoms with Gasteiger partial charge in [-0.3, -0.25) is 5.43 Å². The highest BCUT2D eigenvalue weighted by Crippen LogP contribution is 2.10. The molecule has 88 valence electrons. The van der Waals surface area contributed by atoms with Crippen molar-refractivity contribution in [1.82, 2.24) is 4.98 Å². The lowest BCUT2D eigenvalue weighted by Crippen LogP contribution is -1.91.